The number of alkyl halides is 2. The van der Waals surface area contributed by atoms with Gasteiger partial charge in [-0.2, -0.15) is 8.78 Å². The van der Waals surface area contributed by atoms with Crippen molar-refractivity contribution in [3.63, 3.8) is 0 Å². The molecule has 2 fully saturated rings. The Labute approximate surface area is 163 Å². The molecule has 152 valence electrons. The van der Waals surface area contributed by atoms with Crippen molar-refractivity contribution in [2.75, 3.05) is 0 Å². The molecule has 0 aromatic heterocycles. The van der Waals surface area contributed by atoms with E-state index in [-0.39, 0.29) is 5.75 Å². The molecule has 1 atom stereocenters. The van der Waals surface area contributed by atoms with Gasteiger partial charge in [-0.25, -0.2) is 0 Å². The first-order valence-corrected chi connectivity index (χ1v) is 11.1. The Kier molecular flexibility index (Phi) is 7.16. The molecule has 1 aromatic rings. The highest BCUT2D eigenvalue weighted by Gasteiger charge is 2.44. The monoisotopic (exact) mass is 378 g/mol. The second-order valence-corrected chi connectivity index (χ2v) is 8.98. The third-order valence-electron chi connectivity index (χ3n) is 7.60. The predicted octanol–water partition coefficient (Wildman–Crippen LogP) is 7.95. The highest BCUT2D eigenvalue weighted by molar-refractivity contribution is 5.29. The summed E-state index contributed by atoms with van der Waals surface area (Å²) in [4.78, 5) is 0. The van der Waals surface area contributed by atoms with Crippen molar-refractivity contribution in [2.45, 2.75) is 97.0 Å². The van der Waals surface area contributed by atoms with Crippen LogP contribution >= 0.6 is 0 Å². The number of hydrogen-bond donors (Lipinski definition) is 0. The van der Waals surface area contributed by atoms with Crippen LogP contribution in [0.4, 0.5) is 8.78 Å². The SMILES string of the molecule is CCCC(C)C1([C@H]2CC[C@H](c3ccc(OC(F)F)cc3)CC2)CCCCC1. The summed E-state index contributed by atoms with van der Waals surface area (Å²) < 4.78 is 29.1. The van der Waals surface area contributed by atoms with Gasteiger partial charge in [-0.05, 0) is 79.4 Å². The van der Waals surface area contributed by atoms with Gasteiger partial charge in [0.2, 0.25) is 0 Å². The molecule has 0 heterocycles. The van der Waals surface area contributed by atoms with Crippen LogP contribution in [0.1, 0.15) is 96.0 Å². The van der Waals surface area contributed by atoms with Crippen LogP contribution in [0.15, 0.2) is 24.3 Å². The third-order valence-corrected chi connectivity index (χ3v) is 7.60. The van der Waals surface area contributed by atoms with Gasteiger partial charge in [-0.1, -0.05) is 58.1 Å². The van der Waals surface area contributed by atoms with Crippen LogP contribution in [0.2, 0.25) is 0 Å². The standard InChI is InChI=1S/C24H36F2O/c1-3-7-18(2)24(16-5-4-6-17-24)21-12-8-19(9-13-21)20-10-14-22(15-11-20)27-23(25)26/h10-11,14-15,18-19,21,23H,3-9,12-13,16-17H2,1-2H3/t18?,19-,21-. The highest BCUT2D eigenvalue weighted by Crippen LogP contribution is 2.55. The maximum Gasteiger partial charge on any atom is 0.387 e. The molecule has 0 amide bonds. The number of benzene rings is 1. The van der Waals surface area contributed by atoms with Crippen molar-refractivity contribution in [3.8, 4) is 5.75 Å². The highest BCUT2D eigenvalue weighted by atomic mass is 19.3. The minimum atomic E-state index is -2.75. The number of hydrogen-bond acceptors (Lipinski definition) is 1. The zero-order chi connectivity index (χ0) is 19.3. The quantitative estimate of drug-likeness (QED) is 0.468. The smallest absolute Gasteiger partial charge is 0.387 e. The molecule has 3 rings (SSSR count). The topological polar surface area (TPSA) is 9.23 Å². The molecule has 1 aromatic carbocycles. The second-order valence-electron chi connectivity index (χ2n) is 8.98. The molecular formula is C24H36F2O. The summed E-state index contributed by atoms with van der Waals surface area (Å²) >= 11 is 0. The van der Waals surface area contributed by atoms with Crippen molar-refractivity contribution in [1.29, 1.82) is 0 Å². The van der Waals surface area contributed by atoms with Crippen LogP contribution in [0.5, 0.6) is 5.75 Å². The average Bonchev–Trinajstić information content (AvgIpc) is 2.69. The molecule has 2 saturated carbocycles. The van der Waals surface area contributed by atoms with Gasteiger partial charge in [0, 0.05) is 0 Å². The van der Waals surface area contributed by atoms with Crippen molar-refractivity contribution in [3.05, 3.63) is 29.8 Å². The first-order chi connectivity index (χ1) is 13.0. The van der Waals surface area contributed by atoms with Crippen LogP contribution in [0, 0.1) is 17.3 Å². The zero-order valence-electron chi connectivity index (χ0n) is 17.1. The van der Waals surface area contributed by atoms with Gasteiger partial charge in [0.05, 0.1) is 0 Å². The second kappa shape index (κ2) is 9.39. The van der Waals surface area contributed by atoms with Gasteiger partial charge in [0.25, 0.3) is 0 Å². The maximum absolute atomic E-state index is 12.3. The van der Waals surface area contributed by atoms with Gasteiger partial charge >= 0.3 is 6.61 Å². The van der Waals surface area contributed by atoms with Gasteiger partial charge in [-0.3, -0.25) is 0 Å². The molecular weight excluding hydrogens is 342 g/mol. The number of ether oxygens (including phenoxy) is 1. The fourth-order valence-corrected chi connectivity index (χ4v) is 6.16. The maximum atomic E-state index is 12.3. The number of halogens is 2. The molecule has 3 heteroatoms. The van der Waals surface area contributed by atoms with E-state index in [1.807, 2.05) is 12.1 Å². The van der Waals surface area contributed by atoms with Crippen LogP contribution in [-0.4, -0.2) is 6.61 Å². The van der Waals surface area contributed by atoms with E-state index in [4.69, 9.17) is 0 Å². The van der Waals surface area contributed by atoms with Crippen molar-refractivity contribution in [2.24, 2.45) is 17.3 Å². The molecule has 0 spiro atoms. The Morgan fingerprint density at radius 2 is 1.63 bits per heavy atom. The molecule has 1 unspecified atom stereocenters. The first kappa shape index (κ1) is 20.6. The molecule has 1 nitrogen and oxygen atoms in total. The summed E-state index contributed by atoms with van der Waals surface area (Å²) in [5.41, 5.74) is 1.86. The van der Waals surface area contributed by atoms with Crippen LogP contribution in [-0.2, 0) is 0 Å². The van der Waals surface area contributed by atoms with E-state index >= 15 is 0 Å². The summed E-state index contributed by atoms with van der Waals surface area (Å²) in [7, 11) is 0. The van der Waals surface area contributed by atoms with E-state index in [1.54, 1.807) is 12.1 Å². The van der Waals surface area contributed by atoms with Gasteiger partial charge in [0.1, 0.15) is 5.75 Å². The van der Waals surface area contributed by atoms with E-state index in [1.165, 1.54) is 76.2 Å². The largest absolute Gasteiger partial charge is 0.435 e. The Bertz CT molecular complexity index is 554. The fourth-order valence-electron chi connectivity index (χ4n) is 6.16. The Morgan fingerprint density at radius 1 is 1.00 bits per heavy atom. The van der Waals surface area contributed by atoms with Crippen LogP contribution in [0.3, 0.4) is 0 Å². The number of rotatable bonds is 7. The minimum Gasteiger partial charge on any atom is -0.435 e. The third kappa shape index (κ3) is 4.84. The van der Waals surface area contributed by atoms with Crippen LogP contribution in [0.25, 0.3) is 0 Å². The van der Waals surface area contributed by atoms with Gasteiger partial charge < -0.3 is 4.74 Å². The molecule has 0 bridgehead atoms. The van der Waals surface area contributed by atoms with E-state index in [0.717, 1.165) is 11.8 Å². The Hall–Kier alpha value is -1.12. The predicted molar refractivity (Wildman–Crippen MR) is 107 cm³/mol. The summed E-state index contributed by atoms with van der Waals surface area (Å²) in [5, 5.41) is 0. The lowest BCUT2D eigenvalue weighted by molar-refractivity contribution is -0.0498. The molecule has 0 saturated heterocycles. The normalized spacial score (nSPS) is 26.7. The van der Waals surface area contributed by atoms with Crippen LogP contribution < -0.4 is 4.74 Å². The molecule has 0 aliphatic heterocycles. The first-order valence-electron chi connectivity index (χ1n) is 11.1. The summed E-state index contributed by atoms with van der Waals surface area (Å²) in [6.07, 6.45) is 14.9. The molecule has 27 heavy (non-hydrogen) atoms. The molecule has 0 N–H and O–H groups in total. The lowest BCUT2D eigenvalue weighted by Crippen LogP contribution is -2.40. The molecule has 2 aliphatic rings. The van der Waals surface area contributed by atoms with Crippen molar-refractivity contribution < 1.29 is 13.5 Å². The summed E-state index contributed by atoms with van der Waals surface area (Å²) in [6, 6.07) is 7.36. The lowest BCUT2D eigenvalue weighted by atomic mass is 9.55. The van der Waals surface area contributed by atoms with E-state index in [2.05, 4.69) is 18.6 Å². The average molecular weight is 379 g/mol. The zero-order valence-corrected chi connectivity index (χ0v) is 17.1. The fraction of sp³-hybridized carbons (Fsp3) is 0.750. The molecule has 2 aliphatic carbocycles. The van der Waals surface area contributed by atoms with Crippen molar-refractivity contribution >= 4 is 0 Å². The lowest BCUT2D eigenvalue weighted by Gasteiger charge is -2.50. The Morgan fingerprint density at radius 3 is 2.19 bits per heavy atom. The van der Waals surface area contributed by atoms with Crippen molar-refractivity contribution in [1.82, 2.24) is 0 Å². The van der Waals surface area contributed by atoms with Gasteiger partial charge in [-0.15, -0.1) is 0 Å². The molecule has 0 radical (unpaired) electrons. The summed E-state index contributed by atoms with van der Waals surface area (Å²) in [6.45, 7) is 2.09. The van der Waals surface area contributed by atoms with Gasteiger partial charge in [0.15, 0.2) is 0 Å². The summed E-state index contributed by atoms with van der Waals surface area (Å²) in [5.74, 6) is 2.55. The minimum absolute atomic E-state index is 0.261. The van der Waals surface area contributed by atoms with E-state index < -0.39 is 6.61 Å². The van der Waals surface area contributed by atoms with E-state index in [9.17, 15) is 8.78 Å². The van der Waals surface area contributed by atoms with E-state index in [0.29, 0.717) is 11.3 Å². The Balaban J connectivity index is 1.63.